The highest BCUT2D eigenvalue weighted by Crippen LogP contribution is 2.12. The van der Waals surface area contributed by atoms with Gasteiger partial charge in [-0.05, 0) is 38.3 Å². The summed E-state index contributed by atoms with van der Waals surface area (Å²) in [5.41, 5.74) is 4.22. The van der Waals surface area contributed by atoms with E-state index >= 15 is 0 Å². The van der Waals surface area contributed by atoms with Crippen LogP contribution in [0.1, 0.15) is 37.5 Å². The van der Waals surface area contributed by atoms with Crippen LogP contribution in [0.2, 0.25) is 0 Å². The highest BCUT2D eigenvalue weighted by atomic mass is 14.9. The van der Waals surface area contributed by atoms with Crippen LogP contribution in [-0.2, 0) is 6.42 Å². The van der Waals surface area contributed by atoms with Crippen molar-refractivity contribution in [3.05, 3.63) is 34.9 Å². The van der Waals surface area contributed by atoms with Crippen LogP contribution in [0.25, 0.3) is 0 Å². The number of rotatable bonds is 4. The average molecular weight is 205 g/mol. The van der Waals surface area contributed by atoms with Gasteiger partial charge in [0.2, 0.25) is 0 Å². The minimum absolute atomic E-state index is 0.547. The Labute approximate surface area is 93.9 Å². The summed E-state index contributed by atoms with van der Waals surface area (Å²) < 4.78 is 0. The third kappa shape index (κ3) is 4.05. The fourth-order valence-corrected chi connectivity index (χ4v) is 1.98. The Morgan fingerprint density at radius 3 is 2.40 bits per heavy atom. The Bertz CT molecular complexity index is 315. The van der Waals surface area contributed by atoms with Crippen molar-refractivity contribution in [2.45, 2.75) is 53.1 Å². The molecule has 0 saturated heterocycles. The van der Waals surface area contributed by atoms with Gasteiger partial charge in [0.05, 0.1) is 0 Å². The minimum atomic E-state index is 0.547. The molecule has 84 valence electrons. The lowest BCUT2D eigenvalue weighted by molar-refractivity contribution is 0.487. The fourth-order valence-electron chi connectivity index (χ4n) is 1.98. The second-order valence-electron chi connectivity index (χ2n) is 4.86. The standard InChI is InChI=1S/C14H23N/c1-10(2)15-13(5)9-14-8-11(3)6-7-12(14)4/h6-8,10,13,15H,9H2,1-5H3. The van der Waals surface area contributed by atoms with Gasteiger partial charge in [-0.15, -0.1) is 0 Å². The summed E-state index contributed by atoms with van der Waals surface area (Å²) >= 11 is 0. The van der Waals surface area contributed by atoms with E-state index < -0.39 is 0 Å². The maximum Gasteiger partial charge on any atom is 0.00816 e. The van der Waals surface area contributed by atoms with Gasteiger partial charge in [-0.25, -0.2) is 0 Å². The first-order valence-electron chi connectivity index (χ1n) is 5.81. The molecule has 1 rings (SSSR count). The third-order valence-electron chi connectivity index (χ3n) is 2.65. The predicted octanol–water partition coefficient (Wildman–Crippen LogP) is 3.23. The van der Waals surface area contributed by atoms with Crippen molar-refractivity contribution in [1.82, 2.24) is 5.32 Å². The van der Waals surface area contributed by atoms with E-state index in [1.165, 1.54) is 16.7 Å². The highest BCUT2D eigenvalue weighted by molar-refractivity contribution is 5.31. The topological polar surface area (TPSA) is 12.0 Å². The molecule has 1 atom stereocenters. The second kappa shape index (κ2) is 5.32. The van der Waals surface area contributed by atoms with Crippen molar-refractivity contribution in [2.75, 3.05) is 0 Å². The summed E-state index contributed by atoms with van der Waals surface area (Å²) in [6, 6.07) is 7.80. The van der Waals surface area contributed by atoms with Crippen LogP contribution in [0.15, 0.2) is 18.2 Å². The molecule has 0 bridgehead atoms. The predicted molar refractivity (Wildman–Crippen MR) is 67.4 cm³/mol. The lowest BCUT2D eigenvalue weighted by Gasteiger charge is -2.18. The van der Waals surface area contributed by atoms with Crippen LogP contribution < -0.4 is 5.32 Å². The molecular weight excluding hydrogens is 182 g/mol. The number of benzene rings is 1. The Balaban J connectivity index is 2.67. The third-order valence-corrected chi connectivity index (χ3v) is 2.65. The van der Waals surface area contributed by atoms with Crippen molar-refractivity contribution in [1.29, 1.82) is 0 Å². The van der Waals surface area contributed by atoms with Gasteiger partial charge in [0.15, 0.2) is 0 Å². The van der Waals surface area contributed by atoms with Gasteiger partial charge < -0.3 is 5.32 Å². The lowest BCUT2D eigenvalue weighted by Crippen LogP contribution is -2.34. The van der Waals surface area contributed by atoms with E-state index in [4.69, 9.17) is 0 Å². The van der Waals surface area contributed by atoms with Crippen LogP contribution in [-0.4, -0.2) is 12.1 Å². The molecule has 0 spiro atoms. The summed E-state index contributed by atoms with van der Waals surface area (Å²) in [5.74, 6) is 0. The molecule has 1 aromatic carbocycles. The van der Waals surface area contributed by atoms with Gasteiger partial charge in [0.1, 0.15) is 0 Å². The molecule has 0 heterocycles. The van der Waals surface area contributed by atoms with Gasteiger partial charge in [0.25, 0.3) is 0 Å². The van der Waals surface area contributed by atoms with Gasteiger partial charge in [-0.1, -0.05) is 37.6 Å². The number of aryl methyl sites for hydroxylation is 2. The molecule has 1 nitrogen and oxygen atoms in total. The van der Waals surface area contributed by atoms with E-state index in [1.54, 1.807) is 0 Å². The zero-order valence-electron chi connectivity index (χ0n) is 10.6. The molecule has 1 aromatic rings. The fraction of sp³-hybridized carbons (Fsp3) is 0.571. The molecule has 1 heteroatoms. The molecule has 15 heavy (non-hydrogen) atoms. The van der Waals surface area contributed by atoms with Crippen LogP contribution in [0.3, 0.4) is 0 Å². The first-order chi connectivity index (χ1) is 6.99. The number of hydrogen-bond acceptors (Lipinski definition) is 1. The van der Waals surface area contributed by atoms with Gasteiger partial charge in [-0.2, -0.15) is 0 Å². The molecule has 1 unspecified atom stereocenters. The Morgan fingerprint density at radius 2 is 1.80 bits per heavy atom. The largest absolute Gasteiger partial charge is 0.312 e. The second-order valence-corrected chi connectivity index (χ2v) is 4.86. The Kier molecular flexibility index (Phi) is 4.34. The van der Waals surface area contributed by atoms with Crippen LogP contribution in [0.4, 0.5) is 0 Å². The molecule has 0 fully saturated rings. The maximum atomic E-state index is 3.54. The molecule has 0 aliphatic carbocycles. The van der Waals surface area contributed by atoms with E-state index in [2.05, 4.69) is 58.1 Å². The molecule has 0 aromatic heterocycles. The monoisotopic (exact) mass is 205 g/mol. The van der Waals surface area contributed by atoms with Crippen molar-refractivity contribution < 1.29 is 0 Å². The van der Waals surface area contributed by atoms with E-state index in [9.17, 15) is 0 Å². The molecule has 0 radical (unpaired) electrons. The van der Waals surface area contributed by atoms with Crippen LogP contribution >= 0.6 is 0 Å². The van der Waals surface area contributed by atoms with Crippen molar-refractivity contribution in [2.24, 2.45) is 0 Å². The molecule has 1 N–H and O–H groups in total. The molecule has 0 amide bonds. The molecule has 0 aliphatic heterocycles. The van der Waals surface area contributed by atoms with E-state index in [0.29, 0.717) is 12.1 Å². The average Bonchev–Trinajstić information content (AvgIpc) is 2.10. The van der Waals surface area contributed by atoms with Gasteiger partial charge >= 0.3 is 0 Å². The summed E-state index contributed by atoms with van der Waals surface area (Å²) in [6.07, 6.45) is 1.12. The summed E-state index contributed by atoms with van der Waals surface area (Å²) in [5, 5.41) is 3.54. The minimum Gasteiger partial charge on any atom is -0.312 e. The smallest absolute Gasteiger partial charge is 0.00816 e. The van der Waals surface area contributed by atoms with E-state index in [-0.39, 0.29) is 0 Å². The van der Waals surface area contributed by atoms with Gasteiger partial charge in [-0.3, -0.25) is 0 Å². The van der Waals surface area contributed by atoms with Crippen molar-refractivity contribution >= 4 is 0 Å². The molecular formula is C14H23N. The summed E-state index contributed by atoms with van der Waals surface area (Å²) in [4.78, 5) is 0. The zero-order valence-corrected chi connectivity index (χ0v) is 10.6. The molecule has 0 saturated carbocycles. The normalized spacial score (nSPS) is 13.2. The van der Waals surface area contributed by atoms with E-state index in [1.807, 2.05) is 0 Å². The molecule has 0 aliphatic rings. The van der Waals surface area contributed by atoms with Crippen LogP contribution in [0, 0.1) is 13.8 Å². The highest BCUT2D eigenvalue weighted by Gasteiger charge is 2.06. The summed E-state index contributed by atoms with van der Waals surface area (Å²) in [6.45, 7) is 11.0. The van der Waals surface area contributed by atoms with E-state index in [0.717, 1.165) is 6.42 Å². The SMILES string of the molecule is Cc1ccc(C)c(CC(C)NC(C)C)c1. The van der Waals surface area contributed by atoms with Gasteiger partial charge in [0, 0.05) is 12.1 Å². The first kappa shape index (κ1) is 12.3. The number of hydrogen-bond donors (Lipinski definition) is 1. The number of nitrogens with one attached hydrogen (secondary N) is 1. The van der Waals surface area contributed by atoms with Crippen molar-refractivity contribution in [3.8, 4) is 0 Å². The zero-order chi connectivity index (χ0) is 11.4. The summed E-state index contributed by atoms with van der Waals surface area (Å²) in [7, 11) is 0. The first-order valence-corrected chi connectivity index (χ1v) is 5.81. The Hall–Kier alpha value is -0.820. The van der Waals surface area contributed by atoms with Crippen LogP contribution in [0.5, 0.6) is 0 Å². The maximum absolute atomic E-state index is 3.54. The Morgan fingerprint density at radius 1 is 1.13 bits per heavy atom. The van der Waals surface area contributed by atoms with Crippen molar-refractivity contribution in [3.63, 3.8) is 0 Å². The lowest BCUT2D eigenvalue weighted by atomic mass is 9.99. The quantitative estimate of drug-likeness (QED) is 0.795.